The molecule has 0 aromatic rings. The summed E-state index contributed by atoms with van der Waals surface area (Å²) in [4.78, 5) is 10.7. The van der Waals surface area contributed by atoms with Crippen molar-refractivity contribution in [3.63, 3.8) is 0 Å². The molecule has 1 N–H and O–H groups in total. The quantitative estimate of drug-likeness (QED) is 0.487. The Bertz CT molecular complexity index is 698. The van der Waals surface area contributed by atoms with Gasteiger partial charge in [-0.2, -0.15) is 10.5 Å². The molecule has 5 heteroatoms. The molecule has 2 aliphatic rings. The molecule has 2 aliphatic heterocycles. The van der Waals surface area contributed by atoms with Crippen LogP contribution in [-0.2, 0) is 9.53 Å². The summed E-state index contributed by atoms with van der Waals surface area (Å²) in [5, 5.41) is 23.0. The average molecular weight is 323 g/mol. The topological polar surface area (TPSA) is 85.9 Å². The summed E-state index contributed by atoms with van der Waals surface area (Å²) in [5.74, 6) is 5.09. The fourth-order valence-electron chi connectivity index (χ4n) is 3.47. The molecule has 0 radical (unpaired) electrons. The monoisotopic (exact) mass is 323 g/mol. The van der Waals surface area contributed by atoms with Gasteiger partial charge >= 0.3 is 5.97 Å². The van der Waals surface area contributed by atoms with Gasteiger partial charge in [0.25, 0.3) is 0 Å². The molecule has 24 heavy (non-hydrogen) atoms. The van der Waals surface area contributed by atoms with Gasteiger partial charge < -0.3 is 10.1 Å². The Balaban J connectivity index is 2.28. The van der Waals surface area contributed by atoms with E-state index in [0.717, 1.165) is 24.0 Å². The maximum atomic E-state index is 10.7. The van der Waals surface area contributed by atoms with E-state index in [4.69, 9.17) is 4.74 Å². The first kappa shape index (κ1) is 17.8. The van der Waals surface area contributed by atoms with E-state index in [1.807, 2.05) is 13.0 Å². The molecule has 2 rings (SSSR count). The van der Waals surface area contributed by atoms with Crippen molar-refractivity contribution >= 4 is 5.97 Å². The minimum Gasteiger partial charge on any atom is -0.453 e. The summed E-state index contributed by atoms with van der Waals surface area (Å²) >= 11 is 0. The van der Waals surface area contributed by atoms with Crippen LogP contribution in [0.3, 0.4) is 0 Å². The standard InChI is InChI=1S/C19H21N3O2/c1-13(2)18-16(10-15-6-7-17(18)22-15)19(11-20,12-21)8-4-5-9-24-14(3)23/h10,15,17-18,22H,1,6-9H2,2-3H3/t15?,17-,18+/m0/s1. The zero-order chi connectivity index (χ0) is 17.7. The lowest BCUT2D eigenvalue weighted by atomic mass is 9.69. The van der Waals surface area contributed by atoms with Crippen LogP contribution in [0.1, 0.15) is 33.1 Å². The van der Waals surface area contributed by atoms with Gasteiger partial charge in [0, 0.05) is 31.3 Å². The van der Waals surface area contributed by atoms with Crippen LogP contribution in [-0.4, -0.2) is 24.7 Å². The molecule has 5 nitrogen and oxygen atoms in total. The van der Waals surface area contributed by atoms with Crippen LogP contribution >= 0.6 is 0 Å². The highest BCUT2D eigenvalue weighted by atomic mass is 16.5. The number of nitrogens with one attached hydrogen (secondary N) is 1. The van der Waals surface area contributed by atoms with Gasteiger partial charge in [0.1, 0.15) is 0 Å². The Kier molecular flexibility index (Phi) is 5.45. The smallest absolute Gasteiger partial charge is 0.303 e. The number of hydrogen-bond acceptors (Lipinski definition) is 5. The van der Waals surface area contributed by atoms with E-state index in [9.17, 15) is 15.3 Å². The number of hydrogen-bond donors (Lipinski definition) is 1. The van der Waals surface area contributed by atoms with E-state index in [2.05, 4.69) is 35.9 Å². The molecule has 0 spiro atoms. The van der Waals surface area contributed by atoms with Gasteiger partial charge in [-0.3, -0.25) is 4.79 Å². The van der Waals surface area contributed by atoms with E-state index in [-0.39, 0.29) is 31.0 Å². The summed E-state index contributed by atoms with van der Waals surface area (Å²) in [7, 11) is 0. The zero-order valence-corrected chi connectivity index (χ0v) is 14.1. The normalized spacial score (nSPS) is 24.7. The number of carbonyl (C=O) groups is 1. The van der Waals surface area contributed by atoms with Crippen molar-refractivity contribution in [2.75, 3.05) is 6.61 Å². The second-order valence-corrected chi connectivity index (χ2v) is 6.34. The number of carbonyl (C=O) groups excluding carboxylic acids is 1. The van der Waals surface area contributed by atoms with Crippen LogP contribution in [0.25, 0.3) is 0 Å². The Morgan fingerprint density at radius 1 is 1.38 bits per heavy atom. The van der Waals surface area contributed by atoms with Crippen LogP contribution in [0.5, 0.6) is 0 Å². The van der Waals surface area contributed by atoms with E-state index >= 15 is 0 Å². The van der Waals surface area contributed by atoms with Gasteiger partial charge in [-0.05, 0) is 25.3 Å². The summed E-state index contributed by atoms with van der Waals surface area (Å²) in [6, 6.07) is 4.79. The summed E-state index contributed by atoms with van der Waals surface area (Å²) in [6.07, 6.45) is 4.12. The molecule has 2 bridgehead atoms. The van der Waals surface area contributed by atoms with Gasteiger partial charge in [0.2, 0.25) is 0 Å². The lowest BCUT2D eigenvalue weighted by molar-refractivity contribution is -0.139. The number of rotatable bonds is 4. The highest BCUT2D eigenvalue weighted by Crippen LogP contribution is 2.44. The summed E-state index contributed by atoms with van der Waals surface area (Å²) in [6.45, 7) is 7.28. The molecule has 124 valence electrons. The fourth-order valence-corrected chi connectivity index (χ4v) is 3.47. The Morgan fingerprint density at radius 2 is 2.08 bits per heavy atom. The van der Waals surface area contributed by atoms with E-state index in [1.54, 1.807) is 0 Å². The van der Waals surface area contributed by atoms with Gasteiger partial charge in [-0.25, -0.2) is 0 Å². The molecule has 0 amide bonds. The predicted octanol–water partition coefficient (Wildman–Crippen LogP) is 2.23. The number of nitrogens with zero attached hydrogens (tertiary/aromatic N) is 2. The van der Waals surface area contributed by atoms with Gasteiger partial charge in [-0.1, -0.05) is 30.1 Å². The van der Waals surface area contributed by atoms with Crippen molar-refractivity contribution < 1.29 is 9.53 Å². The van der Waals surface area contributed by atoms with Gasteiger partial charge in [0.15, 0.2) is 12.0 Å². The maximum Gasteiger partial charge on any atom is 0.303 e. The van der Waals surface area contributed by atoms with Gasteiger partial charge in [0.05, 0.1) is 12.1 Å². The van der Waals surface area contributed by atoms with Crippen LogP contribution in [0.2, 0.25) is 0 Å². The van der Waals surface area contributed by atoms with Crippen LogP contribution < -0.4 is 5.32 Å². The van der Waals surface area contributed by atoms with Crippen molar-refractivity contribution in [2.24, 2.45) is 11.3 Å². The fraction of sp³-hybridized carbons (Fsp3) is 0.526. The van der Waals surface area contributed by atoms with E-state index in [0.29, 0.717) is 0 Å². The number of nitriles is 2. The molecule has 2 heterocycles. The van der Waals surface area contributed by atoms with Crippen molar-refractivity contribution in [3.05, 3.63) is 23.8 Å². The van der Waals surface area contributed by atoms with Crippen molar-refractivity contribution in [1.29, 1.82) is 10.5 Å². The third-order valence-electron chi connectivity index (χ3n) is 4.57. The largest absolute Gasteiger partial charge is 0.453 e. The minimum atomic E-state index is -1.30. The molecule has 0 aromatic carbocycles. The minimum absolute atomic E-state index is 0.0293. The first-order chi connectivity index (χ1) is 11.4. The number of ether oxygens (including phenoxy) is 1. The Labute approximate surface area is 143 Å². The van der Waals surface area contributed by atoms with Gasteiger partial charge in [-0.15, -0.1) is 0 Å². The SMILES string of the molecule is C=C(C)[C@@H]1C(C(C#N)(C#N)CC#CCOC(C)=O)=CC2CC[C@@H]1N2. The third-order valence-corrected chi connectivity index (χ3v) is 4.57. The lowest BCUT2D eigenvalue weighted by Gasteiger charge is -2.36. The Hall–Kier alpha value is -2.55. The molecule has 0 saturated carbocycles. The van der Waals surface area contributed by atoms with Crippen molar-refractivity contribution in [3.8, 4) is 24.0 Å². The predicted molar refractivity (Wildman–Crippen MR) is 89.0 cm³/mol. The maximum absolute atomic E-state index is 10.7. The second kappa shape index (κ2) is 7.35. The summed E-state index contributed by atoms with van der Waals surface area (Å²) < 4.78 is 4.76. The molecular weight excluding hydrogens is 302 g/mol. The second-order valence-electron chi connectivity index (χ2n) is 6.34. The number of fused-ring (bicyclic) bond motifs is 2. The van der Waals surface area contributed by atoms with Crippen LogP contribution in [0.15, 0.2) is 23.8 Å². The Morgan fingerprint density at radius 3 is 2.67 bits per heavy atom. The molecule has 1 saturated heterocycles. The van der Waals surface area contributed by atoms with E-state index < -0.39 is 11.4 Å². The molecular formula is C19H21N3O2. The average Bonchev–Trinajstić information content (AvgIpc) is 2.91. The first-order valence-electron chi connectivity index (χ1n) is 7.98. The molecule has 3 atom stereocenters. The molecule has 1 fully saturated rings. The van der Waals surface area contributed by atoms with Crippen molar-refractivity contribution in [1.82, 2.24) is 5.32 Å². The molecule has 1 unspecified atom stereocenters. The highest BCUT2D eigenvalue weighted by molar-refractivity contribution is 5.66. The van der Waals surface area contributed by atoms with Crippen LogP contribution in [0.4, 0.5) is 0 Å². The lowest BCUT2D eigenvalue weighted by Crippen LogP contribution is -2.44. The summed E-state index contributed by atoms with van der Waals surface area (Å²) in [5.41, 5.74) is 0.463. The zero-order valence-electron chi connectivity index (χ0n) is 14.1. The molecule has 0 aromatic heterocycles. The van der Waals surface area contributed by atoms with Crippen LogP contribution in [0, 0.1) is 45.8 Å². The van der Waals surface area contributed by atoms with E-state index in [1.165, 1.54) is 6.92 Å². The first-order valence-corrected chi connectivity index (χ1v) is 7.98. The third kappa shape index (κ3) is 3.51. The number of esters is 1. The highest BCUT2D eigenvalue weighted by Gasteiger charge is 2.46. The molecule has 0 aliphatic carbocycles. The van der Waals surface area contributed by atoms with Crippen molar-refractivity contribution in [2.45, 2.75) is 45.2 Å².